The average Bonchev–Trinajstić information content (AvgIpc) is 2.76. The molecule has 5 heteroatoms. The van der Waals surface area contributed by atoms with Crippen molar-refractivity contribution in [3.05, 3.63) is 100 Å². The lowest BCUT2D eigenvalue weighted by atomic mass is 9.97. The third-order valence-corrected chi connectivity index (χ3v) is 5.16. The largest absolute Gasteiger partial charge is 0.497 e. The van der Waals surface area contributed by atoms with Gasteiger partial charge in [-0.1, -0.05) is 36.4 Å². The molecule has 0 atom stereocenters. The molecule has 0 N–H and O–H groups in total. The molecule has 0 radical (unpaired) electrons. The van der Waals surface area contributed by atoms with Gasteiger partial charge in [0, 0.05) is 0 Å². The normalized spacial score (nSPS) is 11.0. The highest BCUT2D eigenvalue weighted by molar-refractivity contribution is 5.80. The van der Waals surface area contributed by atoms with Crippen LogP contribution in [0, 0.1) is 6.92 Å². The summed E-state index contributed by atoms with van der Waals surface area (Å²) >= 11 is 0. The number of rotatable bonds is 5. The van der Waals surface area contributed by atoms with Crippen LogP contribution in [0.5, 0.6) is 11.5 Å². The van der Waals surface area contributed by atoms with Gasteiger partial charge in [-0.3, -0.25) is 9.36 Å². The van der Waals surface area contributed by atoms with Crippen molar-refractivity contribution in [1.29, 1.82) is 0 Å². The molecule has 3 aromatic carbocycles. The van der Waals surface area contributed by atoms with E-state index >= 15 is 0 Å². The van der Waals surface area contributed by atoms with Crippen molar-refractivity contribution in [3.63, 3.8) is 0 Å². The number of hydrogen-bond donors (Lipinski definition) is 0. The second kappa shape index (κ2) is 7.80. The van der Waals surface area contributed by atoms with Crippen LogP contribution in [-0.2, 0) is 0 Å². The van der Waals surface area contributed by atoms with Crippen molar-refractivity contribution in [2.45, 2.75) is 13.0 Å². The first-order valence-electron chi connectivity index (χ1n) is 9.36. The minimum atomic E-state index is -0.323. The zero-order valence-electron chi connectivity index (χ0n) is 16.6. The highest BCUT2D eigenvalue weighted by Crippen LogP contribution is 2.29. The third kappa shape index (κ3) is 3.47. The fraction of sp³-hybridized carbons (Fsp3) is 0.167. The van der Waals surface area contributed by atoms with E-state index in [-0.39, 0.29) is 11.6 Å². The fourth-order valence-corrected chi connectivity index (χ4v) is 3.61. The van der Waals surface area contributed by atoms with Crippen LogP contribution in [0.3, 0.4) is 0 Å². The van der Waals surface area contributed by atoms with E-state index in [9.17, 15) is 4.79 Å². The first-order chi connectivity index (χ1) is 14.1. The van der Waals surface area contributed by atoms with Gasteiger partial charge in [-0.2, -0.15) is 0 Å². The highest BCUT2D eigenvalue weighted by atomic mass is 16.5. The maximum absolute atomic E-state index is 13.5. The van der Waals surface area contributed by atoms with Crippen LogP contribution >= 0.6 is 0 Å². The Morgan fingerprint density at radius 1 is 0.828 bits per heavy atom. The van der Waals surface area contributed by atoms with Crippen LogP contribution in [-0.4, -0.2) is 23.8 Å². The Morgan fingerprint density at radius 3 is 1.90 bits per heavy atom. The minimum Gasteiger partial charge on any atom is -0.497 e. The summed E-state index contributed by atoms with van der Waals surface area (Å²) in [5.41, 5.74) is 3.48. The molecule has 0 aliphatic carbocycles. The maximum Gasteiger partial charge on any atom is 0.262 e. The van der Waals surface area contributed by atoms with Gasteiger partial charge in [0.25, 0.3) is 5.56 Å². The lowest BCUT2D eigenvalue weighted by Gasteiger charge is -2.22. The van der Waals surface area contributed by atoms with E-state index in [1.54, 1.807) is 25.1 Å². The molecule has 1 aromatic heterocycles. The molecule has 4 aromatic rings. The predicted molar refractivity (Wildman–Crippen MR) is 114 cm³/mol. The number of benzene rings is 3. The molecule has 0 bridgehead atoms. The second-order valence-electron chi connectivity index (χ2n) is 6.87. The summed E-state index contributed by atoms with van der Waals surface area (Å²) in [6, 6.07) is 20.9. The molecule has 0 amide bonds. The number of aryl methyl sites for hydroxylation is 1. The Bertz CT molecular complexity index is 1150. The van der Waals surface area contributed by atoms with Gasteiger partial charge in [-0.15, -0.1) is 0 Å². The van der Waals surface area contributed by atoms with E-state index in [0.29, 0.717) is 10.9 Å². The second-order valence-corrected chi connectivity index (χ2v) is 6.87. The van der Waals surface area contributed by atoms with Gasteiger partial charge in [-0.05, 0) is 53.9 Å². The van der Waals surface area contributed by atoms with Crippen LogP contribution in [0.2, 0.25) is 0 Å². The summed E-state index contributed by atoms with van der Waals surface area (Å²) in [5.74, 6) is 1.53. The fourth-order valence-electron chi connectivity index (χ4n) is 3.61. The van der Waals surface area contributed by atoms with Crippen molar-refractivity contribution in [2.75, 3.05) is 14.2 Å². The molecule has 5 nitrogen and oxygen atoms in total. The van der Waals surface area contributed by atoms with Crippen LogP contribution in [0.1, 0.15) is 22.7 Å². The predicted octanol–water partition coefficient (Wildman–Crippen LogP) is 4.36. The number of fused-ring (bicyclic) bond motifs is 1. The van der Waals surface area contributed by atoms with Gasteiger partial charge in [0.2, 0.25) is 0 Å². The van der Waals surface area contributed by atoms with E-state index in [2.05, 4.69) is 4.98 Å². The summed E-state index contributed by atoms with van der Waals surface area (Å²) in [6.07, 6.45) is 1.63. The number of hydrogen-bond acceptors (Lipinski definition) is 4. The quantitative estimate of drug-likeness (QED) is 0.511. The molecular weight excluding hydrogens is 364 g/mol. The minimum absolute atomic E-state index is 0.0651. The Hall–Kier alpha value is -3.60. The Labute approximate surface area is 169 Å². The molecule has 0 aliphatic rings. The third-order valence-electron chi connectivity index (χ3n) is 5.16. The Morgan fingerprint density at radius 2 is 1.38 bits per heavy atom. The number of methoxy groups -OCH3 is 2. The summed E-state index contributed by atoms with van der Waals surface area (Å²) < 4.78 is 12.3. The molecule has 1 heterocycles. The van der Waals surface area contributed by atoms with Crippen LogP contribution in [0.4, 0.5) is 0 Å². The lowest BCUT2D eigenvalue weighted by Crippen LogP contribution is -2.27. The van der Waals surface area contributed by atoms with E-state index < -0.39 is 0 Å². The molecule has 0 fully saturated rings. The Kier molecular flexibility index (Phi) is 5.04. The summed E-state index contributed by atoms with van der Waals surface area (Å²) in [5, 5.41) is 0.641. The average molecular weight is 386 g/mol. The first kappa shape index (κ1) is 18.7. The van der Waals surface area contributed by atoms with Crippen molar-refractivity contribution in [1.82, 2.24) is 9.55 Å². The topological polar surface area (TPSA) is 53.4 Å². The first-order valence-corrected chi connectivity index (χ1v) is 9.36. The maximum atomic E-state index is 13.5. The smallest absolute Gasteiger partial charge is 0.262 e. The van der Waals surface area contributed by atoms with E-state index in [4.69, 9.17) is 9.47 Å². The van der Waals surface area contributed by atoms with Crippen LogP contribution in [0.15, 0.2) is 77.9 Å². The number of ether oxygens (including phenoxy) is 2. The highest BCUT2D eigenvalue weighted by Gasteiger charge is 2.20. The van der Waals surface area contributed by atoms with Crippen LogP contribution < -0.4 is 15.0 Å². The number of nitrogens with zero attached hydrogens (tertiary/aromatic N) is 2. The van der Waals surface area contributed by atoms with Gasteiger partial charge in [0.05, 0.1) is 37.5 Å². The zero-order chi connectivity index (χ0) is 20.4. The van der Waals surface area contributed by atoms with Crippen LogP contribution in [0.25, 0.3) is 10.9 Å². The SMILES string of the molecule is COc1ccc(C(c2ccc(OC)cc2)n2cnc3cccc(C)c3c2=O)cc1. The summed E-state index contributed by atoms with van der Waals surface area (Å²) in [6.45, 7) is 1.94. The van der Waals surface area contributed by atoms with Crippen molar-refractivity contribution < 1.29 is 9.47 Å². The molecule has 4 rings (SSSR count). The summed E-state index contributed by atoms with van der Waals surface area (Å²) in [7, 11) is 3.27. The number of aromatic nitrogens is 2. The molecule has 146 valence electrons. The van der Waals surface area contributed by atoms with Gasteiger partial charge < -0.3 is 9.47 Å². The zero-order valence-corrected chi connectivity index (χ0v) is 16.6. The molecule has 0 saturated carbocycles. The van der Waals surface area contributed by atoms with E-state index in [1.165, 1.54) is 0 Å². The van der Waals surface area contributed by atoms with Crippen molar-refractivity contribution in [3.8, 4) is 11.5 Å². The summed E-state index contributed by atoms with van der Waals surface area (Å²) in [4.78, 5) is 18.0. The monoisotopic (exact) mass is 386 g/mol. The molecule has 0 saturated heterocycles. The van der Waals surface area contributed by atoms with E-state index in [1.807, 2.05) is 73.7 Å². The molecule has 29 heavy (non-hydrogen) atoms. The molecule has 0 unspecified atom stereocenters. The van der Waals surface area contributed by atoms with Gasteiger partial charge in [-0.25, -0.2) is 4.98 Å². The van der Waals surface area contributed by atoms with Crippen molar-refractivity contribution in [2.24, 2.45) is 0 Å². The Balaban J connectivity index is 1.94. The standard InChI is InChI=1S/C24H22N2O3/c1-16-5-4-6-21-22(16)24(27)26(15-25-21)23(17-7-11-19(28-2)12-8-17)18-9-13-20(29-3)14-10-18/h4-15,23H,1-3H3. The molecule has 0 spiro atoms. The van der Waals surface area contributed by atoms with Gasteiger partial charge >= 0.3 is 0 Å². The molecular formula is C24H22N2O3. The van der Waals surface area contributed by atoms with Crippen molar-refractivity contribution >= 4 is 10.9 Å². The van der Waals surface area contributed by atoms with Gasteiger partial charge in [0.1, 0.15) is 11.5 Å². The van der Waals surface area contributed by atoms with Gasteiger partial charge in [0.15, 0.2) is 0 Å². The molecule has 0 aliphatic heterocycles. The van der Waals surface area contributed by atoms with E-state index in [0.717, 1.165) is 28.2 Å². The lowest BCUT2D eigenvalue weighted by molar-refractivity contribution is 0.414.